The van der Waals surface area contributed by atoms with Crippen LogP contribution in [0, 0.1) is 0 Å². The second-order valence-corrected chi connectivity index (χ2v) is 9.05. The molecule has 2 heteroatoms. The van der Waals surface area contributed by atoms with Gasteiger partial charge in [-0.2, -0.15) is 0 Å². The molecular formula is C23H16S2. The molecule has 0 radical (unpaired) electrons. The molecule has 2 atom stereocenters. The lowest BCUT2D eigenvalue weighted by molar-refractivity contribution is 1.11. The van der Waals surface area contributed by atoms with Crippen LogP contribution in [0.15, 0.2) is 77.0 Å². The minimum absolute atomic E-state index is 0.754. The van der Waals surface area contributed by atoms with E-state index in [-0.39, 0.29) is 0 Å². The van der Waals surface area contributed by atoms with Gasteiger partial charge in [-0.1, -0.05) is 60.7 Å². The molecule has 0 nitrogen and oxygen atoms in total. The zero-order valence-electron chi connectivity index (χ0n) is 13.6. The van der Waals surface area contributed by atoms with E-state index in [1.165, 1.54) is 43.7 Å². The Kier molecular flexibility index (Phi) is 2.97. The van der Waals surface area contributed by atoms with Crippen molar-refractivity contribution in [3.05, 3.63) is 77.7 Å². The number of thiophene rings is 1. The SMILES string of the molecule is c1ccc(-c2c3c(c(-c4ccccc4)c4sccc24)C2CC2S3)cc1. The summed E-state index contributed by atoms with van der Waals surface area (Å²) in [7, 11) is 0. The largest absolute Gasteiger partial charge is 0.143 e. The van der Waals surface area contributed by atoms with Crippen molar-refractivity contribution in [1.29, 1.82) is 0 Å². The third-order valence-electron chi connectivity index (χ3n) is 5.40. The molecular weight excluding hydrogens is 340 g/mol. The van der Waals surface area contributed by atoms with Crippen molar-refractivity contribution in [2.24, 2.45) is 0 Å². The first-order valence-electron chi connectivity index (χ1n) is 8.76. The van der Waals surface area contributed by atoms with Crippen LogP contribution in [0.25, 0.3) is 32.3 Å². The summed E-state index contributed by atoms with van der Waals surface area (Å²) in [6, 6.07) is 24.3. The summed E-state index contributed by atoms with van der Waals surface area (Å²) >= 11 is 4.01. The van der Waals surface area contributed by atoms with E-state index in [1.54, 1.807) is 5.56 Å². The molecule has 0 N–H and O–H groups in total. The fourth-order valence-electron chi connectivity index (χ4n) is 4.21. The van der Waals surface area contributed by atoms with Crippen molar-refractivity contribution < 1.29 is 0 Å². The van der Waals surface area contributed by atoms with Crippen LogP contribution in [0.3, 0.4) is 0 Å². The number of hydrogen-bond donors (Lipinski definition) is 0. The van der Waals surface area contributed by atoms with Crippen LogP contribution in [0.2, 0.25) is 0 Å². The van der Waals surface area contributed by atoms with Crippen molar-refractivity contribution >= 4 is 33.2 Å². The molecule has 1 saturated carbocycles. The number of fused-ring (bicyclic) bond motifs is 4. The average Bonchev–Trinajstić information content (AvgIpc) is 3.09. The lowest BCUT2D eigenvalue weighted by Crippen LogP contribution is -1.93. The van der Waals surface area contributed by atoms with E-state index in [9.17, 15) is 0 Å². The Morgan fingerprint density at radius 1 is 0.760 bits per heavy atom. The number of thioether (sulfide) groups is 1. The smallest absolute Gasteiger partial charge is 0.0431 e. The predicted molar refractivity (Wildman–Crippen MR) is 110 cm³/mol. The van der Waals surface area contributed by atoms with Crippen LogP contribution in [-0.4, -0.2) is 5.25 Å². The van der Waals surface area contributed by atoms with E-state index in [1.807, 2.05) is 11.3 Å². The summed E-state index contributed by atoms with van der Waals surface area (Å²) < 4.78 is 1.46. The Hall–Kier alpha value is -2.03. The molecule has 0 amide bonds. The number of benzene rings is 3. The molecule has 25 heavy (non-hydrogen) atoms. The first-order chi connectivity index (χ1) is 12.4. The van der Waals surface area contributed by atoms with Crippen LogP contribution in [0.4, 0.5) is 0 Å². The van der Waals surface area contributed by atoms with Crippen molar-refractivity contribution in [3.8, 4) is 22.3 Å². The van der Waals surface area contributed by atoms with Gasteiger partial charge in [-0.15, -0.1) is 23.1 Å². The number of rotatable bonds is 2. The minimum Gasteiger partial charge on any atom is -0.143 e. The van der Waals surface area contributed by atoms with Crippen LogP contribution < -0.4 is 0 Å². The van der Waals surface area contributed by atoms with Gasteiger partial charge in [0.2, 0.25) is 0 Å². The Labute approximate surface area is 155 Å². The van der Waals surface area contributed by atoms with E-state index in [4.69, 9.17) is 0 Å². The van der Waals surface area contributed by atoms with Gasteiger partial charge < -0.3 is 0 Å². The zero-order valence-corrected chi connectivity index (χ0v) is 15.2. The van der Waals surface area contributed by atoms with Crippen LogP contribution in [0.1, 0.15) is 17.9 Å². The van der Waals surface area contributed by atoms with Crippen LogP contribution in [-0.2, 0) is 0 Å². The van der Waals surface area contributed by atoms with Gasteiger partial charge in [0, 0.05) is 31.4 Å². The topological polar surface area (TPSA) is 0 Å². The van der Waals surface area contributed by atoms with Gasteiger partial charge in [-0.25, -0.2) is 0 Å². The van der Waals surface area contributed by atoms with Gasteiger partial charge in [-0.3, -0.25) is 0 Å². The second kappa shape index (κ2) is 5.23. The molecule has 0 saturated heterocycles. The molecule has 0 bridgehead atoms. The summed E-state index contributed by atoms with van der Waals surface area (Å²) in [5.74, 6) is 0.754. The van der Waals surface area contributed by atoms with Crippen LogP contribution in [0.5, 0.6) is 0 Å². The molecule has 2 heterocycles. The summed E-state index contributed by atoms with van der Waals surface area (Å²) in [5.41, 5.74) is 7.31. The molecule has 6 rings (SSSR count). The standard InChI is InChI=1S/C23H16S2/c1-3-7-14(8-4-1)19-16-11-12-24-22(16)20(15-9-5-2-6-10-15)21-17-13-18(17)25-23(19)21/h1-12,17-18H,13H2. The van der Waals surface area contributed by atoms with Gasteiger partial charge in [0.1, 0.15) is 0 Å². The van der Waals surface area contributed by atoms with Gasteiger partial charge in [0.05, 0.1) is 0 Å². The normalized spacial score (nSPS) is 20.5. The fourth-order valence-corrected chi connectivity index (χ4v) is 6.82. The Morgan fingerprint density at radius 2 is 1.44 bits per heavy atom. The molecule has 3 aromatic carbocycles. The lowest BCUT2D eigenvalue weighted by atomic mass is 9.90. The van der Waals surface area contributed by atoms with Crippen molar-refractivity contribution in [2.75, 3.05) is 0 Å². The van der Waals surface area contributed by atoms with E-state index in [0.717, 1.165) is 11.2 Å². The molecule has 1 aliphatic carbocycles. The molecule has 0 spiro atoms. The van der Waals surface area contributed by atoms with Gasteiger partial charge in [0.25, 0.3) is 0 Å². The predicted octanol–water partition coefficient (Wildman–Crippen LogP) is 7.20. The summed E-state index contributed by atoms with van der Waals surface area (Å²) in [5, 5.41) is 4.48. The third kappa shape index (κ3) is 2.01. The fraction of sp³-hybridized carbons (Fsp3) is 0.130. The highest BCUT2D eigenvalue weighted by Crippen LogP contribution is 2.66. The molecule has 120 valence electrons. The highest BCUT2D eigenvalue weighted by Gasteiger charge is 2.49. The third-order valence-corrected chi connectivity index (χ3v) is 7.81. The maximum atomic E-state index is 2.32. The Balaban J connectivity index is 1.76. The van der Waals surface area contributed by atoms with Crippen molar-refractivity contribution in [2.45, 2.75) is 22.5 Å². The molecule has 1 aliphatic heterocycles. The molecule has 2 aliphatic rings. The lowest BCUT2D eigenvalue weighted by Gasteiger charge is -2.18. The molecule has 4 aromatic rings. The monoisotopic (exact) mass is 356 g/mol. The quantitative estimate of drug-likeness (QED) is 0.366. The number of hydrogen-bond acceptors (Lipinski definition) is 2. The van der Waals surface area contributed by atoms with Crippen LogP contribution >= 0.6 is 23.1 Å². The summed E-state index contributed by atoms with van der Waals surface area (Å²) in [4.78, 5) is 1.54. The molecule has 1 fully saturated rings. The molecule has 1 aromatic heterocycles. The van der Waals surface area contributed by atoms with Gasteiger partial charge >= 0.3 is 0 Å². The van der Waals surface area contributed by atoms with Gasteiger partial charge in [-0.05, 0) is 40.5 Å². The molecule has 2 unspecified atom stereocenters. The van der Waals surface area contributed by atoms with E-state index < -0.39 is 0 Å². The van der Waals surface area contributed by atoms with Gasteiger partial charge in [0.15, 0.2) is 0 Å². The first-order valence-corrected chi connectivity index (χ1v) is 10.5. The maximum absolute atomic E-state index is 2.32. The second-order valence-electron chi connectivity index (χ2n) is 6.89. The van der Waals surface area contributed by atoms with E-state index >= 15 is 0 Å². The van der Waals surface area contributed by atoms with Crippen molar-refractivity contribution in [3.63, 3.8) is 0 Å². The highest BCUT2D eigenvalue weighted by atomic mass is 32.2. The average molecular weight is 357 g/mol. The summed E-state index contributed by atoms with van der Waals surface area (Å²) in [6.07, 6.45) is 1.35. The Bertz CT molecular complexity index is 1090. The Morgan fingerprint density at radius 3 is 2.16 bits per heavy atom. The van der Waals surface area contributed by atoms with Crippen molar-refractivity contribution in [1.82, 2.24) is 0 Å². The summed E-state index contributed by atoms with van der Waals surface area (Å²) in [6.45, 7) is 0. The van der Waals surface area contributed by atoms with E-state index in [2.05, 4.69) is 83.9 Å². The van der Waals surface area contributed by atoms with E-state index in [0.29, 0.717) is 0 Å². The zero-order chi connectivity index (χ0) is 16.4. The first kappa shape index (κ1) is 14.2. The highest BCUT2D eigenvalue weighted by molar-refractivity contribution is 8.00. The minimum atomic E-state index is 0.754. The maximum Gasteiger partial charge on any atom is 0.0431 e.